The summed E-state index contributed by atoms with van der Waals surface area (Å²) >= 11 is 2.43. The second kappa shape index (κ2) is 7.41. The normalized spacial score (nSPS) is 23.8. The highest BCUT2D eigenvalue weighted by Gasteiger charge is 2.54. The Bertz CT molecular complexity index is 1010. The van der Waals surface area contributed by atoms with Crippen LogP contribution in [0.5, 0.6) is 0 Å². The van der Waals surface area contributed by atoms with Crippen molar-refractivity contribution in [3.05, 3.63) is 22.3 Å². The molecule has 2 aliphatic heterocycles. The number of aliphatic carboxylic acids is 1. The zero-order valence-corrected chi connectivity index (χ0v) is 16.5. The highest BCUT2D eigenvalue weighted by atomic mass is 32.2. The van der Waals surface area contributed by atoms with Gasteiger partial charge in [-0.1, -0.05) is 11.1 Å². The predicted molar refractivity (Wildman–Crippen MR) is 106 cm³/mol. The summed E-state index contributed by atoms with van der Waals surface area (Å²) in [6.07, 6.45) is 7.03. The molecule has 0 spiro atoms. The van der Waals surface area contributed by atoms with Crippen LogP contribution in [0.2, 0.25) is 0 Å². The van der Waals surface area contributed by atoms with E-state index < -0.39 is 29.2 Å². The van der Waals surface area contributed by atoms with Crippen LogP contribution in [0.25, 0.3) is 0 Å². The van der Waals surface area contributed by atoms with Gasteiger partial charge in [-0.3, -0.25) is 14.5 Å². The molecule has 1 saturated heterocycles. The van der Waals surface area contributed by atoms with Gasteiger partial charge in [-0.05, 0) is 12.8 Å². The van der Waals surface area contributed by atoms with E-state index in [2.05, 4.69) is 21.4 Å². The van der Waals surface area contributed by atoms with Crippen LogP contribution >= 0.6 is 23.1 Å². The lowest BCUT2D eigenvalue weighted by Gasteiger charge is -2.48. The average Bonchev–Trinajstić information content (AvgIpc) is 3.43. The van der Waals surface area contributed by atoms with Crippen LogP contribution in [0.4, 0.5) is 5.13 Å². The van der Waals surface area contributed by atoms with E-state index in [0.717, 1.165) is 29.1 Å². The Kier molecular flexibility index (Phi) is 4.93. The number of hydrogen-bond acceptors (Lipinski definition) is 9. The molecule has 10 nitrogen and oxygen atoms in total. The van der Waals surface area contributed by atoms with Crippen LogP contribution in [-0.2, 0) is 19.2 Å². The number of aromatic nitrogens is 1. The molecule has 29 heavy (non-hydrogen) atoms. The molecule has 0 aromatic carbocycles. The zero-order valence-electron chi connectivity index (χ0n) is 14.8. The highest BCUT2D eigenvalue weighted by Crippen LogP contribution is 2.40. The number of rotatable bonds is 6. The molecule has 12 heteroatoms. The van der Waals surface area contributed by atoms with Crippen molar-refractivity contribution >= 4 is 51.7 Å². The maximum Gasteiger partial charge on any atom is 0.353 e. The number of carbonyl (C=O) groups excluding carboxylic acids is 2. The number of nitrogen functional groups attached to an aromatic ring is 1. The number of thiazole rings is 1. The summed E-state index contributed by atoms with van der Waals surface area (Å²) in [6, 6.07) is -0.914. The molecule has 1 aromatic heterocycles. The van der Waals surface area contributed by atoms with E-state index in [0.29, 0.717) is 0 Å². The van der Waals surface area contributed by atoms with Crippen LogP contribution in [0.3, 0.4) is 0 Å². The fourth-order valence-electron chi connectivity index (χ4n) is 2.84. The molecule has 0 unspecified atom stereocenters. The first-order valence-electron chi connectivity index (χ1n) is 8.54. The first kappa shape index (κ1) is 19.3. The number of nitrogens with one attached hydrogen (secondary N) is 1. The Hall–Kier alpha value is -3.04. The van der Waals surface area contributed by atoms with Gasteiger partial charge < -0.3 is 21.0 Å². The number of hydrogen-bond donors (Lipinski definition) is 3. The number of nitrogens with two attached hydrogens (primary N) is 1. The summed E-state index contributed by atoms with van der Waals surface area (Å²) in [6.45, 7) is 0. The van der Waals surface area contributed by atoms with Crippen molar-refractivity contribution in [2.45, 2.75) is 30.4 Å². The van der Waals surface area contributed by atoms with Crippen LogP contribution in [0.15, 0.2) is 21.8 Å². The van der Waals surface area contributed by atoms with Gasteiger partial charge in [-0.2, -0.15) is 0 Å². The number of oxime groups is 1. The van der Waals surface area contributed by atoms with Gasteiger partial charge in [0.15, 0.2) is 10.8 Å². The molecule has 1 aromatic rings. The van der Waals surface area contributed by atoms with Gasteiger partial charge in [0, 0.05) is 16.7 Å². The van der Waals surface area contributed by atoms with E-state index in [1.807, 2.05) is 0 Å². The third-order valence-corrected chi connectivity index (χ3v) is 6.38. The molecule has 0 radical (unpaired) electrons. The average molecular weight is 433 g/mol. The molecule has 3 heterocycles. The number of carbonyl (C=O) groups is 3. The molecule has 0 bridgehead atoms. The third kappa shape index (κ3) is 3.54. The lowest BCUT2D eigenvalue weighted by molar-refractivity contribution is -0.150. The van der Waals surface area contributed by atoms with Crippen molar-refractivity contribution in [1.29, 1.82) is 0 Å². The van der Waals surface area contributed by atoms with E-state index in [-0.39, 0.29) is 39.7 Å². The first-order valence-corrected chi connectivity index (χ1v) is 10.5. The first-order chi connectivity index (χ1) is 13.9. The number of fused-ring (bicyclic) bond motifs is 1. The summed E-state index contributed by atoms with van der Waals surface area (Å²) in [4.78, 5) is 47.4. The van der Waals surface area contributed by atoms with Gasteiger partial charge in [0.05, 0.1) is 0 Å². The van der Waals surface area contributed by atoms with Gasteiger partial charge in [-0.25, -0.2) is 9.78 Å². The fraction of sp³-hybridized carbons (Fsp3) is 0.353. The molecular formula is C17H15N5O5S2. The van der Waals surface area contributed by atoms with Crippen molar-refractivity contribution in [3.63, 3.8) is 0 Å². The number of carboxylic acids is 1. The molecule has 2 fully saturated rings. The van der Waals surface area contributed by atoms with Crippen LogP contribution in [-0.4, -0.2) is 61.8 Å². The molecule has 2 atom stereocenters. The van der Waals surface area contributed by atoms with E-state index >= 15 is 0 Å². The fourth-order valence-corrected chi connectivity index (χ4v) is 4.68. The van der Waals surface area contributed by atoms with Gasteiger partial charge >= 0.3 is 5.97 Å². The molecule has 3 aliphatic rings. The SMILES string of the molecule is C#CC1=C(C(=O)O)N2C(=O)[C@@H](NC(=O)/C(=N/OC3CC3)c3csc(N)n3)[C@H]2SC1. The number of carboxylic acid groups (broad SMARTS) is 1. The number of thioether (sulfide) groups is 1. The summed E-state index contributed by atoms with van der Waals surface area (Å²) in [5, 5.41) is 17.2. The minimum atomic E-state index is -1.28. The van der Waals surface area contributed by atoms with Gasteiger partial charge in [0.2, 0.25) is 0 Å². The monoisotopic (exact) mass is 433 g/mol. The topological polar surface area (TPSA) is 147 Å². The summed E-state index contributed by atoms with van der Waals surface area (Å²) < 4.78 is 0. The van der Waals surface area contributed by atoms with Crippen molar-refractivity contribution in [2.75, 3.05) is 11.5 Å². The predicted octanol–water partition coefficient (Wildman–Crippen LogP) is -0.0198. The summed E-state index contributed by atoms with van der Waals surface area (Å²) in [5.74, 6) is 0.0835. The maximum atomic E-state index is 12.8. The molecule has 4 N–H and O–H groups in total. The van der Waals surface area contributed by atoms with Gasteiger partial charge in [0.1, 0.15) is 28.9 Å². The molecule has 1 aliphatic carbocycles. The largest absolute Gasteiger partial charge is 0.477 e. The standard InChI is InChI=1S/C17H15N5O5S2/c1-2-7-5-28-15-11(14(24)22(15)12(7)16(25)26)20-13(23)10(21-27-8-3-4-8)9-6-29-17(18)19-9/h1,6,8,11,15H,3-5H2,(H2,18,19)(H,20,23)(H,25,26)/b21-10+/t11-,15-/m1/s1. The third-order valence-electron chi connectivity index (χ3n) is 4.43. The lowest BCUT2D eigenvalue weighted by atomic mass is 10.0. The van der Waals surface area contributed by atoms with Crippen molar-refractivity contribution in [1.82, 2.24) is 15.2 Å². The zero-order chi connectivity index (χ0) is 20.7. The van der Waals surface area contributed by atoms with E-state index in [1.165, 1.54) is 11.8 Å². The second-order valence-electron chi connectivity index (χ2n) is 6.45. The van der Waals surface area contributed by atoms with Crippen LogP contribution < -0.4 is 11.1 Å². The van der Waals surface area contributed by atoms with Crippen LogP contribution in [0, 0.1) is 12.3 Å². The number of nitrogens with zero attached hydrogens (tertiary/aromatic N) is 3. The summed E-state index contributed by atoms with van der Waals surface area (Å²) in [5.41, 5.74) is 5.81. The van der Waals surface area contributed by atoms with E-state index in [1.54, 1.807) is 5.38 Å². The van der Waals surface area contributed by atoms with Crippen molar-refractivity contribution in [3.8, 4) is 12.3 Å². The van der Waals surface area contributed by atoms with Gasteiger partial charge in [-0.15, -0.1) is 29.5 Å². The number of anilines is 1. The Balaban J connectivity index is 1.53. The molecule has 2 amide bonds. The van der Waals surface area contributed by atoms with E-state index in [4.69, 9.17) is 17.0 Å². The minimum absolute atomic E-state index is 0.0334. The number of terminal acetylenes is 1. The second-order valence-corrected chi connectivity index (χ2v) is 8.45. The number of β-lactam (4-membered cyclic amide) rings is 1. The Morgan fingerprint density at radius 1 is 1.48 bits per heavy atom. The summed E-state index contributed by atoms with van der Waals surface area (Å²) in [7, 11) is 0. The van der Waals surface area contributed by atoms with Crippen LogP contribution in [0.1, 0.15) is 18.5 Å². The Labute approximate surface area is 173 Å². The van der Waals surface area contributed by atoms with E-state index in [9.17, 15) is 19.5 Å². The van der Waals surface area contributed by atoms with Gasteiger partial charge in [0.25, 0.3) is 11.8 Å². The molecule has 4 rings (SSSR count). The quantitative estimate of drug-likeness (QED) is 0.245. The van der Waals surface area contributed by atoms with Crippen molar-refractivity contribution in [2.24, 2.45) is 5.16 Å². The van der Waals surface area contributed by atoms with Crippen molar-refractivity contribution < 1.29 is 24.3 Å². The Morgan fingerprint density at radius 2 is 2.24 bits per heavy atom. The molecular weight excluding hydrogens is 418 g/mol. The maximum absolute atomic E-state index is 12.8. The number of amides is 2. The molecule has 150 valence electrons. The molecule has 1 saturated carbocycles. The highest BCUT2D eigenvalue weighted by molar-refractivity contribution is 8.00. The Morgan fingerprint density at radius 3 is 2.83 bits per heavy atom. The lowest BCUT2D eigenvalue weighted by Crippen LogP contribution is -2.71. The smallest absolute Gasteiger partial charge is 0.353 e. The minimum Gasteiger partial charge on any atom is -0.477 e.